The number of nitrogens with one attached hydrogen (secondary N) is 1. The van der Waals surface area contributed by atoms with Crippen LogP contribution in [0.25, 0.3) is 10.9 Å². The molecule has 0 saturated carbocycles. The minimum Gasteiger partial charge on any atom is -0.481 e. The first-order chi connectivity index (χ1) is 12.9. The lowest BCUT2D eigenvalue weighted by atomic mass is 9.96. The van der Waals surface area contributed by atoms with Crippen molar-refractivity contribution >= 4 is 40.3 Å². The summed E-state index contributed by atoms with van der Waals surface area (Å²) in [7, 11) is 1.82. The molecular weight excluding hydrogens is 350 g/mol. The third-order valence-electron chi connectivity index (χ3n) is 5.33. The van der Waals surface area contributed by atoms with E-state index in [4.69, 9.17) is 5.11 Å². The topological polar surface area (TPSA) is 108 Å². The van der Waals surface area contributed by atoms with Crippen LogP contribution in [0.3, 0.4) is 0 Å². The largest absolute Gasteiger partial charge is 0.481 e. The highest BCUT2D eigenvalue weighted by Gasteiger charge is 2.29. The molecule has 0 spiro atoms. The Morgan fingerprint density at radius 1 is 1.22 bits per heavy atom. The molecule has 0 unspecified atom stereocenters. The zero-order valence-corrected chi connectivity index (χ0v) is 15.0. The average molecular weight is 371 g/mol. The molecule has 9 nitrogen and oxygen atoms in total. The number of amides is 3. The Morgan fingerprint density at radius 3 is 2.63 bits per heavy atom. The first-order valence-corrected chi connectivity index (χ1v) is 9.00. The van der Waals surface area contributed by atoms with Crippen molar-refractivity contribution in [1.82, 2.24) is 15.1 Å². The predicted octanol–water partition coefficient (Wildman–Crippen LogP) is 1.32. The van der Waals surface area contributed by atoms with Gasteiger partial charge in [0.25, 0.3) is 0 Å². The fourth-order valence-corrected chi connectivity index (χ4v) is 3.77. The quantitative estimate of drug-likeness (QED) is 0.843. The van der Waals surface area contributed by atoms with Gasteiger partial charge in [0.2, 0.25) is 5.91 Å². The first-order valence-electron chi connectivity index (χ1n) is 9.00. The van der Waals surface area contributed by atoms with E-state index in [-0.39, 0.29) is 18.2 Å². The molecule has 2 saturated heterocycles. The number of anilines is 2. The summed E-state index contributed by atoms with van der Waals surface area (Å²) < 4.78 is 1.72. The van der Waals surface area contributed by atoms with E-state index in [2.05, 4.69) is 15.3 Å². The molecule has 2 aliphatic heterocycles. The van der Waals surface area contributed by atoms with Crippen molar-refractivity contribution in [3.05, 3.63) is 18.2 Å². The molecule has 2 fully saturated rings. The first kappa shape index (κ1) is 17.3. The van der Waals surface area contributed by atoms with Gasteiger partial charge in [0.1, 0.15) is 0 Å². The number of urea groups is 1. The number of carbonyl (C=O) groups excluding carboxylic acids is 2. The van der Waals surface area contributed by atoms with Gasteiger partial charge in [-0.05, 0) is 31.0 Å². The predicted molar refractivity (Wildman–Crippen MR) is 98.8 cm³/mol. The number of fused-ring (bicyclic) bond motifs is 1. The van der Waals surface area contributed by atoms with Crippen LogP contribution < -0.4 is 15.1 Å². The molecule has 0 bridgehead atoms. The van der Waals surface area contributed by atoms with Gasteiger partial charge in [0.05, 0.1) is 11.4 Å². The van der Waals surface area contributed by atoms with Crippen molar-refractivity contribution in [2.45, 2.75) is 19.3 Å². The van der Waals surface area contributed by atoms with Crippen LogP contribution in [0.2, 0.25) is 0 Å². The maximum atomic E-state index is 12.1. The molecule has 0 radical (unpaired) electrons. The standard InChI is InChI=1S/C18H21N5O4/c1-21-14-10-12(22-7-4-11(5-8-22)17(25)26)2-3-13(14)16(20-21)23-9-6-15(24)19-18(23)27/h2-3,10-11H,4-9H2,1H3,(H,25,26)(H,19,24,27). The van der Waals surface area contributed by atoms with E-state index in [9.17, 15) is 14.4 Å². The molecule has 0 atom stereocenters. The van der Waals surface area contributed by atoms with E-state index in [0.717, 1.165) is 16.6 Å². The maximum Gasteiger partial charge on any atom is 0.329 e. The highest BCUT2D eigenvalue weighted by atomic mass is 16.4. The maximum absolute atomic E-state index is 12.1. The van der Waals surface area contributed by atoms with E-state index in [1.165, 1.54) is 4.90 Å². The van der Waals surface area contributed by atoms with Crippen molar-refractivity contribution < 1.29 is 19.5 Å². The number of aliphatic carboxylic acids is 1. The highest BCUT2D eigenvalue weighted by molar-refractivity contribution is 6.09. The molecule has 27 heavy (non-hydrogen) atoms. The Bertz CT molecular complexity index is 929. The van der Waals surface area contributed by atoms with Gasteiger partial charge in [-0.15, -0.1) is 0 Å². The van der Waals surface area contributed by atoms with Gasteiger partial charge in [0.15, 0.2) is 5.82 Å². The number of carboxylic acids is 1. The summed E-state index contributed by atoms with van der Waals surface area (Å²) in [5.41, 5.74) is 1.90. The van der Waals surface area contributed by atoms with Crippen molar-refractivity contribution in [3.63, 3.8) is 0 Å². The van der Waals surface area contributed by atoms with Crippen molar-refractivity contribution in [2.24, 2.45) is 13.0 Å². The molecule has 9 heteroatoms. The summed E-state index contributed by atoms with van der Waals surface area (Å²) in [5.74, 6) is -0.731. The van der Waals surface area contributed by atoms with Crippen LogP contribution in [0, 0.1) is 5.92 Å². The Morgan fingerprint density at radius 2 is 1.96 bits per heavy atom. The number of aryl methyl sites for hydroxylation is 1. The van der Waals surface area contributed by atoms with Crippen molar-refractivity contribution in [3.8, 4) is 0 Å². The lowest BCUT2D eigenvalue weighted by Gasteiger charge is -2.32. The molecule has 2 aromatic rings. The van der Waals surface area contributed by atoms with E-state index in [1.807, 2.05) is 25.2 Å². The van der Waals surface area contributed by atoms with Crippen LogP contribution in [0.4, 0.5) is 16.3 Å². The molecule has 142 valence electrons. The van der Waals surface area contributed by atoms with Crippen molar-refractivity contribution in [2.75, 3.05) is 29.4 Å². The summed E-state index contributed by atoms with van der Waals surface area (Å²) in [4.78, 5) is 38.3. The molecule has 3 amide bonds. The summed E-state index contributed by atoms with van der Waals surface area (Å²) in [5, 5.41) is 16.8. The van der Waals surface area contributed by atoms with Crippen molar-refractivity contribution in [1.29, 1.82) is 0 Å². The second kappa shape index (κ2) is 6.57. The number of hydrogen-bond acceptors (Lipinski definition) is 5. The number of hydrogen-bond donors (Lipinski definition) is 2. The van der Waals surface area contributed by atoms with Gasteiger partial charge in [-0.3, -0.25) is 24.5 Å². The molecule has 4 rings (SSSR count). The van der Waals surface area contributed by atoms with Crippen LogP contribution in [-0.4, -0.2) is 52.4 Å². The average Bonchev–Trinajstić information content (AvgIpc) is 2.98. The minimum absolute atomic E-state index is 0.250. The number of piperidine rings is 1. The van der Waals surface area contributed by atoms with Gasteiger partial charge in [-0.25, -0.2) is 4.79 Å². The lowest BCUT2D eigenvalue weighted by Crippen LogP contribution is -2.49. The molecule has 3 heterocycles. The number of imide groups is 1. The molecular formula is C18H21N5O4. The van der Waals surface area contributed by atoms with Gasteiger partial charge in [-0.1, -0.05) is 0 Å². The second-order valence-electron chi connectivity index (χ2n) is 7.00. The second-order valence-corrected chi connectivity index (χ2v) is 7.00. The van der Waals surface area contributed by atoms with Crippen LogP contribution in [0.5, 0.6) is 0 Å². The smallest absolute Gasteiger partial charge is 0.329 e. The van der Waals surface area contributed by atoms with Crippen LogP contribution in [-0.2, 0) is 16.6 Å². The number of nitrogens with zero attached hydrogens (tertiary/aromatic N) is 4. The number of carboxylic acid groups (broad SMARTS) is 1. The number of benzene rings is 1. The number of rotatable bonds is 3. The van der Waals surface area contributed by atoms with Crippen LogP contribution in [0.1, 0.15) is 19.3 Å². The minimum atomic E-state index is -0.723. The summed E-state index contributed by atoms with van der Waals surface area (Å²) in [6.07, 6.45) is 1.51. The summed E-state index contributed by atoms with van der Waals surface area (Å²) >= 11 is 0. The molecule has 0 aliphatic carbocycles. The van der Waals surface area contributed by atoms with Gasteiger partial charge in [0, 0.05) is 44.2 Å². The number of aromatic nitrogens is 2. The fraction of sp³-hybridized carbons (Fsp3) is 0.444. The zero-order chi connectivity index (χ0) is 19.1. The molecule has 1 aromatic carbocycles. The highest BCUT2D eigenvalue weighted by Crippen LogP contribution is 2.31. The molecule has 2 N–H and O–H groups in total. The van der Waals surface area contributed by atoms with Crippen LogP contribution >= 0.6 is 0 Å². The van der Waals surface area contributed by atoms with E-state index in [1.54, 1.807) is 4.68 Å². The van der Waals surface area contributed by atoms with E-state index < -0.39 is 12.0 Å². The van der Waals surface area contributed by atoms with Crippen LogP contribution in [0.15, 0.2) is 18.2 Å². The monoisotopic (exact) mass is 371 g/mol. The molecule has 1 aromatic heterocycles. The van der Waals surface area contributed by atoms with Gasteiger partial charge < -0.3 is 10.0 Å². The Hall–Kier alpha value is -3.10. The third kappa shape index (κ3) is 3.09. The molecule has 2 aliphatic rings. The van der Waals surface area contributed by atoms with Gasteiger partial charge in [-0.2, -0.15) is 5.10 Å². The van der Waals surface area contributed by atoms with Gasteiger partial charge >= 0.3 is 12.0 Å². The Labute approximate surface area is 155 Å². The fourth-order valence-electron chi connectivity index (χ4n) is 3.77. The lowest BCUT2D eigenvalue weighted by molar-refractivity contribution is -0.142. The third-order valence-corrected chi connectivity index (χ3v) is 5.33. The summed E-state index contributed by atoms with van der Waals surface area (Å²) in [6.45, 7) is 1.70. The Balaban J connectivity index is 1.61. The normalized spacial score (nSPS) is 18.9. The SMILES string of the molecule is Cn1nc(N2CCC(=O)NC2=O)c2ccc(N3CCC(C(=O)O)CC3)cc21. The summed E-state index contributed by atoms with van der Waals surface area (Å²) in [6, 6.07) is 5.47. The number of carbonyl (C=O) groups is 3. The van der Waals surface area contributed by atoms with E-state index >= 15 is 0 Å². The van der Waals surface area contributed by atoms with E-state index in [0.29, 0.717) is 38.3 Å². The zero-order valence-electron chi connectivity index (χ0n) is 15.0. The Kier molecular flexibility index (Phi) is 4.21.